The second-order valence-corrected chi connectivity index (χ2v) is 6.87. The van der Waals surface area contributed by atoms with E-state index in [0.717, 1.165) is 19.4 Å². The Morgan fingerprint density at radius 3 is 2.97 bits per heavy atom. The summed E-state index contributed by atoms with van der Waals surface area (Å²) in [6.45, 7) is 2.20. The lowest BCUT2D eigenvalue weighted by molar-refractivity contribution is 0.144. The van der Waals surface area contributed by atoms with Crippen LogP contribution in [-0.4, -0.2) is 46.9 Å². The number of nitrogens with zero attached hydrogens (tertiary/aromatic N) is 4. The number of benzene rings is 1. The van der Waals surface area contributed by atoms with E-state index in [9.17, 15) is 4.39 Å². The molecule has 0 unspecified atom stereocenters. The average molecular weight is 398 g/mol. The number of likely N-dealkylation sites (tertiary alicyclic amines) is 1. The van der Waals surface area contributed by atoms with E-state index in [0.29, 0.717) is 48.5 Å². The first-order valence-corrected chi connectivity index (χ1v) is 9.64. The summed E-state index contributed by atoms with van der Waals surface area (Å²) in [6, 6.07) is 10.4. The van der Waals surface area contributed by atoms with Gasteiger partial charge in [-0.1, -0.05) is 23.4 Å². The molecule has 1 saturated heterocycles. The number of rotatable bonds is 8. The van der Waals surface area contributed by atoms with Crippen molar-refractivity contribution in [3.63, 3.8) is 0 Å². The summed E-state index contributed by atoms with van der Waals surface area (Å²) in [5.41, 5.74) is 1.33. The number of ether oxygens (including phenoxy) is 2. The molecule has 0 radical (unpaired) electrons. The second-order valence-electron chi connectivity index (χ2n) is 6.87. The molecule has 4 rings (SSSR count). The summed E-state index contributed by atoms with van der Waals surface area (Å²) in [7, 11) is 1.61. The van der Waals surface area contributed by atoms with E-state index < -0.39 is 0 Å². The molecular formula is C21H23FN4O3. The molecule has 3 heterocycles. The van der Waals surface area contributed by atoms with Crippen molar-refractivity contribution >= 4 is 0 Å². The number of hydrogen-bond acceptors (Lipinski definition) is 7. The Morgan fingerprint density at radius 2 is 2.10 bits per heavy atom. The van der Waals surface area contributed by atoms with E-state index in [-0.39, 0.29) is 11.9 Å². The van der Waals surface area contributed by atoms with Crippen molar-refractivity contribution < 1.29 is 18.4 Å². The predicted molar refractivity (Wildman–Crippen MR) is 104 cm³/mol. The highest BCUT2D eigenvalue weighted by atomic mass is 19.1. The van der Waals surface area contributed by atoms with Crippen LogP contribution in [0.3, 0.4) is 0 Å². The van der Waals surface area contributed by atoms with Crippen LogP contribution in [0, 0.1) is 5.82 Å². The minimum atomic E-state index is -0.197. The molecular weight excluding hydrogens is 375 g/mol. The van der Waals surface area contributed by atoms with E-state index in [4.69, 9.17) is 14.0 Å². The van der Waals surface area contributed by atoms with E-state index >= 15 is 0 Å². The highest BCUT2D eigenvalue weighted by Crippen LogP contribution is 2.34. The first-order chi connectivity index (χ1) is 14.3. The van der Waals surface area contributed by atoms with Gasteiger partial charge in [0.05, 0.1) is 18.2 Å². The highest BCUT2D eigenvalue weighted by molar-refractivity contribution is 5.60. The van der Waals surface area contributed by atoms with Crippen LogP contribution in [0.25, 0.3) is 11.4 Å². The van der Waals surface area contributed by atoms with Gasteiger partial charge in [-0.2, -0.15) is 4.98 Å². The van der Waals surface area contributed by atoms with Crippen LogP contribution in [0.5, 0.6) is 5.88 Å². The number of pyridine rings is 1. The predicted octanol–water partition coefficient (Wildman–Crippen LogP) is 3.63. The molecule has 0 aliphatic carbocycles. The Hall–Kier alpha value is -2.84. The molecule has 1 fully saturated rings. The fourth-order valence-electron chi connectivity index (χ4n) is 3.52. The van der Waals surface area contributed by atoms with Gasteiger partial charge in [0.2, 0.25) is 17.6 Å². The maximum Gasteiger partial charge on any atom is 0.244 e. The fraction of sp³-hybridized carbons (Fsp3) is 0.381. The van der Waals surface area contributed by atoms with Gasteiger partial charge in [0.1, 0.15) is 12.4 Å². The number of hydrogen-bond donors (Lipinski definition) is 0. The lowest BCUT2D eigenvalue weighted by Gasteiger charge is -2.21. The van der Waals surface area contributed by atoms with Crippen molar-refractivity contribution in [3.8, 4) is 17.3 Å². The second kappa shape index (κ2) is 9.11. The Kier molecular flexibility index (Phi) is 6.12. The molecule has 1 atom stereocenters. The fourth-order valence-corrected chi connectivity index (χ4v) is 3.52. The molecule has 0 bridgehead atoms. The first kappa shape index (κ1) is 19.5. The SMILES string of the molecule is COCCOc1ncccc1-c1noc([C@H]2CCCN2Cc2ccccc2F)n1. The molecule has 1 aliphatic rings. The Morgan fingerprint density at radius 1 is 1.21 bits per heavy atom. The Balaban J connectivity index is 1.52. The zero-order valence-electron chi connectivity index (χ0n) is 16.3. The first-order valence-electron chi connectivity index (χ1n) is 9.64. The average Bonchev–Trinajstić information content (AvgIpc) is 3.40. The zero-order valence-corrected chi connectivity index (χ0v) is 16.3. The monoisotopic (exact) mass is 398 g/mol. The summed E-state index contributed by atoms with van der Waals surface area (Å²) in [4.78, 5) is 11.0. The van der Waals surface area contributed by atoms with Crippen LogP contribution >= 0.6 is 0 Å². The van der Waals surface area contributed by atoms with Crippen LogP contribution in [0.2, 0.25) is 0 Å². The van der Waals surface area contributed by atoms with Crippen molar-refractivity contribution in [1.82, 2.24) is 20.0 Å². The molecule has 7 nitrogen and oxygen atoms in total. The van der Waals surface area contributed by atoms with Gasteiger partial charge in [0, 0.05) is 25.4 Å². The van der Waals surface area contributed by atoms with Crippen LogP contribution < -0.4 is 4.74 Å². The van der Waals surface area contributed by atoms with E-state index in [1.54, 1.807) is 25.4 Å². The van der Waals surface area contributed by atoms with Gasteiger partial charge in [-0.15, -0.1) is 0 Å². The molecule has 1 aromatic carbocycles. The molecule has 1 aliphatic heterocycles. The third-order valence-electron chi connectivity index (χ3n) is 4.96. The summed E-state index contributed by atoms with van der Waals surface area (Å²) < 4.78 is 30.3. The summed E-state index contributed by atoms with van der Waals surface area (Å²) >= 11 is 0. The molecule has 152 valence electrons. The van der Waals surface area contributed by atoms with Gasteiger partial charge in [-0.25, -0.2) is 9.37 Å². The van der Waals surface area contributed by atoms with Gasteiger partial charge in [-0.05, 0) is 37.6 Å². The van der Waals surface area contributed by atoms with E-state index in [2.05, 4.69) is 20.0 Å². The van der Waals surface area contributed by atoms with Gasteiger partial charge in [-0.3, -0.25) is 4.90 Å². The maximum atomic E-state index is 14.1. The third kappa shape index (κ3) is 4.44. The van der Waals surface area contributed by atoms with Gasteiger partial charge < -0.3 is 14.0 Å². The van der Waals surface area contributed by atoms with Gasteiger partial charge in [0.15, 0.2) is 0 Å². The summed E-state index contributed by atoms with van der Waals surface area (Å²) in [5, 5.41) is 4.14. The molecule has 0 saturated carbocycles. The standard InChI is InChI=1S/C21H23FN4O3/c1-27-12-13-28-20-16(7-4-10-23-20)19-24-21(29-25-19)18-9-5-11-26(18)14-15-6-2-3-8-17(15)22/h2-4,6-8,10,18H,5,9,11-14H2,1H3/t18-/m1/s1. The highest BCUT2D eigenvalue weighted by Gasteiger charge is 2.31. The maximum absolute atomic E-state index is 14.1. The molecule has 2 aromatic heterocycles. The van der Waals surface area contributed by atoms with Crippen molar-refractivity contribution in [3.05, 3.63) is 59.9 Å². The smallest absolute Gasteiger partial charge is 0.244 e. The molecule has 0 amide bonds. The Bertz CT molecular complexity index is 949. The largest absolute Gasteiger partial charge is 0.475 e. The topological polar surface area (TPSA) is 73.5 Å². The van der Waals surface area contributed by atoms with Gasteiger partial charge >= 0.3 is 0 Å². The Labute approximate surface area is 168 Å². The summed E-state index contributed by atoms with van der Waals surface area (Å²) in [6.07, 6.45) is 3.54. The van der Waals surface area contributed by atoms with E-state index in [1.165, 1.54) is 6.07 Å². The normalized spacial score (nSPS) is 17.0. The lowest BCUT2D eigenvalue weighted by atomic mass is 10.1. The summed E-state index contributed by atoms with van der Waals surface area (Å²) in [5.74, 6) is 1.20. The van der Waals surface area contributed by atoms with Crippen LogP contribution in [0.4, 0.5) is 4.39 Å². The van der Waals surface area contributed by atoms with Crippen molar-refractivity contribution in [2.75, 3.05) is 26.9 Å². The molecule has 29 heavy (non-hydrogen) atoms. The minimum Gasteiger partial charge on any atom is -0.475 e. The molecule has 0 spiro atoms. The zero-order chi connectivity index (χ0) is 20.1. The van der Waals surface area contributed by atoms with E-state index in [1.807, 2.05) is 18.2 Å². The van der Waals surface area contributed by atoms with Crippen LogP contribution in [-0.2, 0) is 11.3 Å². The number of methoxy groups -OCH3 is 1. The molecule has 3 aromatic rings. The van der Waals surface area contributed by atoms with Gasteiger partial charge in [0.25, 0.3) is 0 Å². The van der Waals surface area contributed by atoms with Crippen molar-refractivity contribution in [2.24, 2.45) is 0 Å². The molecule has 0 N–H and O–H groups in total. The minimum absolute atomic E-state index is 0.0367. The van der Waals surface area contributed by atoms with Crippen molar-refractivity contribution in [1.29, 1.82) is 0 Å². The quantitative estimate of drug-likeness (QED) is 0.537. The molecule has 8 heteroatoms. The lowest BCUT2D eigenvalue weighted by Crippen LogP contribution is -2.23. The van der Waals surface area contributed by atoms with Crippen LogP contribution in [0.15, 0.2) is 47.1 Å². The van der Waals surface area contributed by atoms with Crippen molar-refractivity contribution in [2.45, 2.75) is 25.4 Å². The third-order valence-corrected chi connectivity index (χ3v) is 4.96. The number of halogens is 1. The van der Waals surface area contributed by atoms with Crippen LogP contribution in [0.1, 0.15) is 30.3 Å². The number of aromatic nitrogens is 3.